The summed E-state index contributed by atoms with van der Waals surface area (Å²) in [6.07, 6.45) is 1.36. The molecule has 1 aliphatic rings. The number of methoxy groups -OCH3 is 1. The summed E-state index contributed by atoms with van der Waals surface area (Å²) in [4.78, 5) is 23.5. The minimum atomic E-state index is -1.11. The van der Waals surface area contributed by atoms with Crippen LogP contribution in [0.25, 0.3) is 6.08 Å². The fraction of sp³-hybridized carbons (Fsp3) is 0.474. The maximum absolute atomic E-state index is 11.9. The van der Waals surface area contributed by atoms with Crippen LogP contribution in [0.15, 0.2) is 23.8 Å². The predicted octanol–water partition coefficient (Wildman–Crippen LogP) is 3.26. The number of alkyl carbamates (subject to hydrolysis) is 1. The van der Waals surface area contributed by atoms with Crippen molar-refractivity contribution in [2.75, 3.05) is 12.4 Å². The van der Waals surface area contributed by atoms with Crippen LogP contribution in [-0.2, 0) is 9.53 Å². The SMILES string of the molecule is COc1ccc2c(c1)C=C(CC(NC(=O)OC(C)(C)C)C(=O)O)C(C)N2. The van der Waals surface area contributed by atoms with Crippen LogP contribution >= 0.6 is 0 Å². The van der Waals surface area contributed by atoms with Crippen LogP contribution in [0.4, 0.5) is 10.5 Å². The third-order valence-electron chi connectivity index (χ3n) is 3.96. The summed E-state index contributed by atoms with van der Waals surface area (Å²) in [5.74, 6) is -0.391. The van der Waals surface area contributed by atoms with E-state index < -0.39 is 23.7 Å². The van der Waals surface area contributed by atoms with Crippen molar-refractivity contribution in [3.63, 3.8) is 0 Å². The molecule has 26 heavy (non-hydrogen) atoms. The maximum Gasteiger partial charge on any atom is 0.408 e. The predicted molar refractivity (Wildman–Crippen MR) is 99.5 cm³/mol. The van der Waals surface area contributed by atoms with E-state index >= 15 is 0 Å². The molecule has 0 fully saturated rings. The minimum absolute atomic E-state index is 0.0572. The summed E-state index contributed by atoms with van der Waals surface area (Å²) in [5.41, 5.74) is 2.05. The molecule has 2 atom stereocenters. The van der Waals surface area contributed by atoms with Gasteiger partial charge in [-0.25, -0.2) is 9.59 Å². The number of anilines is 1. The lowest BCUT2D eigenvalue weighted by Crippen LogP contribution is -2.44. The smallest absolute Gasteiger partial charge is 0.408 e. The third-order valence-corrected chi connectivity index (χ3v) is 3.96. The van der Waals surface area contributed by atoms with Crippen molar-refractivity contribution in [3.8, 4) is 5.75 Å². The second-order valence-corrected chi connectivity index (χ2v) is 7.28. The Hall–Kier alpha value is -2.70. The number of nitrogens with one attached hydrogen (secondary N) is 2. The molecule has 1 aromatic carbocycles. The lowest BCUT2D eigenvalue weighted by molar-refractivity contribution is -0.139. The van der Waals surface area contributed by atoms with Gasteiger partial charge in [-0.15, -0.1) is 0 Å². The van der Waals surface area contributed by atoms with E-state index in [1.54, 1.807) is 27.9 Å². The summed E-state index contributed by atoms with van der Waals surface area (Å²) >= 11 is 0. The van der Waals surface area contributed by atoms with E-state index in [1.807, 2.05) is 31.2 Å². The highest BCUT2D eigenvalue weighted by Gasteiger charge is 2.27. The quantitative estimate of drug-likeness (QED) is 0.744. The molecule has 0 saturated heterocycles. The van der Waals surface area contributed by atoms with Gasteiger partial charge in [0.25, 0.3) is 0 Å². The number of hydrogen-bond donors (Lipinski definition) is 3. The molecule has 1 heterocycles. The molecule has 0 saturated carbocycles. The molecule has 0 radical (unpaired) electrons. The van der Waals surface area contributed by atoms with Gasteiger partial charge in [-0.05, 0) is 51.5 Å². The fourth-order valence-corrected chi connectivity index (χ4v) is 2.69. The molecule has 2 rings (SSSR count). The van der Waals surface area contributed by atoms with Crippen LogP contribution in [0.2, 0.25) is 0 Å². The Morgan fingerprint density at radius 1 is 1.35 bits per heavy atom. The minimum Gasteiger partial charge on any atom is -0.497 e. The molecule has 7 heteroatoms. The second kappa shape index (κ2) is 7.68. The maximum atomic E-state index is 11.9. The summed E-state index contributed by atoms with van der Waals surface area (Å²) < 4.78 is 10.4. The van der Waals surface area contributed by atoms with E-state index in [4.69, 9.17) is 9.47 Å². The van der Waals surface area contributed by atoms with E-state index in [-0.39, 0.29) is 12.5 Å². The molecule has 3 N–H and O–H groups in total. The van der Waals surface area contributed by atoms with Crippen molar-refractivity contribution < 1.29 is 24.2 Å². The van der Waals surface area contributed by atoms with Gasteiger partial charge >= 0.3 is 12.1 Å². The van der Waals surface area contributed by atoms with Gasteiger partial charge < -0.3 is 25.2 Å². The number of carboxylic acids is 1. The number of aliphatic carboxylic acids is 1. The van der Waals surface area contributed by atoms with Gasteiger partial charge in [0.05, 0.1) is 7.11 Å². The van der Waals surface area contributed by atoms with E-state index in [0.29, 0.717) is 0 Å². The van der Waals surface area contributed by atoms with E-state index in [0.717, 1.165) is 22.6 Å². The molecular weight excluding hydrogens is 336 g/mol. The lowest BCUT2D eigenvalue weighted by atomic mass is 9.93. The number of carbonyl (C=O) groups excluding carboxylic acids is 1. The Kier molecular flexibility index (Phi) is 5.79. The first-order chi connectivity index (χ1) is 12.1. The number of rotatable bonds is 5. The molecule has 142 valence electrons. The van der Waals surface area contributed by atoms with Crippen molar-refractivity contribution in [2.24, 2.45) is 0 Å². The van der Waals surface area contributed by atoms with Crippen molar-refractivity contribution in [1.29, 1.82) is 0 Å². The summed E-state index contributed by atoms with van der Waals surface area (Å²) in [7, 11) is 1.59. The molecule has 0 spiro atoms. The van der Waals surface area contributed by atoms with Gasteiger partial charge in [0.15, 0.2) is 0 Å². The average Bonchev–Trinajstić information content (AvgIpc) is 2.52. The van der Waals surface area contributed by atoms with Gasteiger partial charge in [0.1, 0.15) is 17.4 Å². The van der Waals surface area contributed by atoms with E-state index in [1.165, 1.54) is 0 Å². The number of fused-ring (bicyclic) bond motifs is 1. The molecule has 1 aliphatic heterocycles. The van der Waals surface area contributed by atoms with Gasteiger partial charge in [-0.2, -0.15) is 0 Å². The lowest BCUT2D eigenvalue weighted by Gasteiger charge is -2.28. The van der Waals surface area contributed by atoms with Crippen molar-refractivity contribution in [2.45, 2.75) is 51.8 Å². The van der Waals surface area contributed by atoms with Crippen LogP contribution in [0.5, 0.6) is 5.75 Å². The molecule has 0 aliphatic carbocycles. The number of carboxylic acid groups (broad SMARTS) is 1. The Morgan fingerprint density at radius 2 is 2.04 bits per heavy atom. The molecular formula is C19H26N2O5. The monoisotopic (exact) mass is 362 g/mol. The number of amides is 1. The molecule has 7 nitrogen and oxygen atoms in total. The van der Waals surface area contributed by atoms with Crippen molar-refractivity contribution in [1.82, 2.24) is 5.32 Å². The summed E-state index contributed by atoms with van der Waals surface area (Å²) in [6.45, 7) is 7.12. The van der Waals surface area contributed by atoms with Crippen LogP contribution in [0.3, 0.4) is 0 Å². The summed E-state index contributed by atoms with van der Waals surface area (Å²) in [5, 5.41) is 15.2. The summed E-state index contributed by atoms with van der Waals surface area (Å²) in [6, 6.07) is 4.53. The standard InChI is InChI=1S/C19H26N2O5/c1-11-12(8-13-9-14(25-5)6-7-15(13)20-11)10-16(17(22)23)21-18(24)26-19(2,3)4/h6-9,11,16,20H,10H2,1-5H3,(H,21,24)(H,22,23). The van der Waals surface area contributed by atoms with Crippen molar-refractivity contribution in [3.05, 3.63) is 29.3 Å². The Balaban J connectivity index is 2.18. The second-order valence-electron chi connectivity index (χ2n) is 7.28. The van der Waals surface area contributed by atoms with Crippen molar-refractivity contribution >= 4 is 23.8 Å². The first-order valence-electron chi connectivity index (χ1n) is 8.46. The van der Waals surface area contributed by atoms with Crippen LogP contribution in [0.1, 0.15) is 39.7 Å². The van der Waals surface area contributed by atoms with Crippen LogP contribution in [0, 0.1) is 0 Å². The molecule has 0 aromatic heterocycles. The first kappa shape index (κ1) is 19.6. The third kappa shape index (κ3) is 5.15. The number of ether oxygens (including phenoxy) is 2. The number of benzene rings is 1. The Bertz CT molecular complexity index is 721. The van der Waals surface area contributed by atoms with E-state index in [9.17, 15) is 14.7 Å². The van der Waals surface area contributed by atoms with Gasteiger partial charge in [-0.3, -0.25) is 0 Å². The molecule has 1 aromatic rings. The fourth-order valence-electron chi connectivity index (χ4n) is 2.69. The van der Waals surface area contributed by atoms with Crippen LogP contribution < -0.4 is 15.4 Å². The topological polar surface area (TPSA) is 96.9 Å². The molecule has 1 amide bonds. The average molecular weight is 362 g/mol. The van der Waals surface area contributed by atoms with Crippen LogP contribution in [-0.4, -0.2) is 42.0 Å². The van der Waals surface area contributed by atoms with Gasteiger partial charge in [0, 0.05) is 23.7 Å². The zero-order valence-electron chi connectivity index (χ0n) is 15.8. The highest BCUT2D eigenvalue weighted by molar-refractivity contribution is 5.81. The Morgan fingerprint density at radius 3 is 2.62 bits per heavy atom. The normalized spacial score (nSPS) is 17.3. The largest absolute Gasteiger partial charge is 0.497 e. The highest BCUT2D eigenvalue weighted by Crippen LogP contribution is 2.31. The number of hydrogen-bond acceptors (Lipinski definition) is 5. The van der Waals surface area contributed by atoms with Gasteiger partial charge in [0.2, 0.25) is 0 Å². The zero-order valence-corrected chi connectivity index (χ0v) is 15.8. The molecule has 2 unspecified atom stereocenters. The van der Waals surface area contributed by atoms with Gasteiger partial charge in [-0.1, -0.05) is 6.08 Å². The molecule has 0 bridgehead atoms. The van der Waals surface area contributed by atoms with E-state index in [2.05, 4.69) is 10.6 Å². The number of carbonyl (C=O) groups is 2. The first-order valence-corrected chi connectivity index (χ1v) is 8.46. The highest BCUT2D eigenvalue weighted by atomic mass is 16.6. The Labute approximate surface area is 153 Å². The zero-order chi connectivity index (χ0) is 19.5.